The number of amides is 2. The number of hydrogen-bond donors (Lipinski definition) is 5. The number of amidine groups is 1. The Bertz CT molecular complexity index is 788. The zero-order chi connectivity index (χ0) is 17.9. The topological polar surface area (TPSA) is 144 Å². The van der Waals surface area contributed by atoms with E-state index < -0.39 is 0 Å². The number of nitrogens with two attached hydrogens (primary N) is 2. The lowest BCUT2D eigenvalue weighted by Gasteiger charge is -2.04. The molecule has 128 valence electrons. The predicted octanol–water partition coefficient (Wildman–Crippen LogP) is 0.254. The molecule has 0 fully saturated rings. The molecule has 9 nitrogen and oxygen atoms in total. The first-order chi connectivity index (χ1) is 11.3. The van der Waals surface area contributed by atoms with Crippen molar-refractivity contribution in [2.75, 3.05) is 17.6 Å². The molecule has 0 saturated carbocycles. The van der Waals surface area contributed by atoms with Gasteiger partial charge in [-0.15, -0.1) is 0 Å². The van der Waals surface area contributed by atoms with Crippen molar-refractivity contribution in [2.45, 2.75) is 6.42 Å². The standard InChI is InChI=1S/C15H21N7O2/c1-21-7-9(16)5-11(21)15(24)20-10-6-12(22(2)8-10)14(23)19-4-3-13(17)18/h5-8H,3-4,16H2,1-2H3,(H3,17,18)(H,19,23)(H,20,24). The van der Waals surface area contributed by atoms with Crippen LogP contribution in [0, 0.1) is 5.41 Å². The summed E-state index contributed by atoms with van der Waals surface area (Å²) in [6.45, 7) is 0.281. The Kier molecular flexibility index (Phi) is 4.93. The van der Waals surface area contributed by atoms with Gasteiger partial charge in [0.25, 0.3) is 11.8 Å². The summed E-state index contributed by atoms with van der Waals surface area (Å²) in [7, 11) is 3.43. The van der Waals surface area contributed by atoms with Gasteiger partial charge in [-0.25, -0.2) is 0 Å². The highest BCUT2D eigenvalue weighted by Gasteiger charge is 2.15. The van der Waals surface area contributed by atoms with Gasteiger partial charge >= 0.3 is 0 Å². The molecule has 0 unspecified atom stereocenters. The van der Waals surface area contributed by atoms with Gasteiger partial charge in [-0.1, -0.05) is 0 Å². The highest BCUT2D eigenvalue weighted by atomic mass is 16.2. The monoisotopic (exact) mass is 331 g/mol. The number of rotatable bonds is 6. The van der Waals surface area contributed by atoms with Crippen LogP contribution in [-0.4, -0.2) is 33.3 Å². The Morgan fingerprint density at radius 3 is 2.33 bits per heavy atom. The third-order valence-corrected chi connectivity index (χ3v) is 3.43. The van der Waals surface area contributed by atoms with E-state index in [1.807, 2.05) is 0 Å². The number of nitrogen functional groups attached to an aromatic ring is 1. The molecule has 2 amide bonds. The van der Waals surface area contributed by atoms with Crippen LogP contribution >= 0.6 is 0 Å². The molecule has 0 aliphatic carbocycles. The van der Waals surface area contributed by atoms with Crippen molar-refractivity contribution < 1.29 is 9.59 Å². The Morgan fingerprint density at radius 1 is 1.12 bits per heavy atom. The summed E-state index contributed by atoms with van der Waals surface area (Å²) in [5, 5.41) is 12.5. The van der Waals surface area contributed by atoms with Crippen LogP contribution in [0.3, 0.4) is 0 Å². The van der Waals surface area contributed by atoms with Crippen LogP contribution in [0.4, 0.5) is 11.4 Å². The van der Waals surface area contributed by atoms with Crippen molar-refractivity contribution in [1.29, 1.82) is 5.41 Å². The van der Waals surface area contributed by atoms with Crippen LogP contribution in [0.25, 0.3) is 0 Å². The molecule has 0 aliphatic heterocycles. The average Bonchev–Trinajstić information content (AvgIpc) is 3.00. The fraction of sp³-hybridized carbons (Fsp3) is 0.267. The van der Waals surface area contributed by atoms with Crippen molar-refractivity contribution in [1.82, 2.24) is 14.5 Å². The van der Waals surface area contributed by atoms with Crippen molar-refractivity contribution in [3.63, 3.8) is 0 Å². The minimum Gasteiger partial charge on any atom is -0.397 e. The molecule has 2 aromatic heterocycles. The third kappa shape index (κ3) is 3.94. The van der Waals surface area contributed by atoms with Gasteiger partial charge in [-0.3, -0.25) is 15.0 Å². The molecule has 7 N–H and O–H groups in total. The van der Waals surface area contributed by atoms with Gasteiger partial charge in [0.1, 0.15) is 11.4 Å². The van der Waals surface area contributed by atoms with E-state index in [0.29, 0.717) is 22.8 Å². The molecule has 0 atom stereocenters. The predicted molar refractivity (Wildman–Crippen MR) is 92.1 cm³/mol. The second kappa shape index (κ2) is 6.90. The lowest BCUT2D eigenvalue weighted by Crippen LogP contribution is -2.28. The zero-order valence-corrected chi connectivity index (χ0v) is 13.6. The number of hydrogen-bond acceptors (Lipinski definition) is 4. The van der Waals surface area contributed by atoms with E-state index in [4.69, 9.17) is 16.9 Å². The van der Waals surface area contributed by atoms with E-state index in [2.05, 4.69) is 10.6 Å². The molecular formula is C15H21N7O2. The van der Waals surface area contributed by atoms with Crippen molar-refractivity contribution in [3.8, 4) is 0 Å². The number of nitrogens with zero attached hydrogens (tertiary/aromatic N) is 2. The molecule has 2 aromatic rings. The molecule has 2 heterocycles. The largest absolute Gasteiger partial charge is 0.397 e. The fourth-order valence-electron chi connectivity index (χ4n) is 2.27. The number of aryl methyl sites for hydroxylation is 2. The average molecular weight is 331 g/mol. The quantitative estimate of drug-likeness (QED) is 0.382. The maximum Gasteiger partial charge on any atom is 0.272 e. The molecule has 9 heteroatoms. The van der Waals surface area contributed by atoms with Crippen molar-refractivity contribution >= 4 is 29.0 Å². The van der Waals surface area contributed by atoms with Crippen LogP contribution in [0.5, 0.6) is 0 Å². The Labute approximate surface area is 139 Å². The lowest BCUT2D eigenvalue weighted by atomic mass is 10.3. The smallest absolute Gasteiger partial charge is 0.272 e. The third-order valence-electron chi connectivity index (χ3n) is 3.43. The first kappa shape index (κ1) is 17.1. The van der Waals surface area contributed by atoms with Crippen LogP contribution in [0.15, 0.2) is 24.5 Å². The Morgan fingerprint density at radius 2 is 1.75 bits per heavy atom. The zero-order valence-electron chi connectivity index (χ0n) is 13.6. The van der Waals surface area contributed by atoms with Gasteiger partial charge in [0.2, 0.25) is 0 Å². The van der Waals surface area contributed by atoms with E-state index in [0.717, 1.165) is 0 Å². The van der Waals surface area contributed by atoms with E-state index in [9.17, 15) is 9.59 Å². The number of anilines is 2. The van der Waals surface area contributed by atoms with E-state index in [1.165, 1.54) is 0 Å². The number of aromatic nitrogens is 2. The minimum absolute atomic E-state index is 0.0111. The van der Waals surface area contributed by atoms with Gasteiger partial charge in [0.15, 0.2) is 0 Å². The fourth-order valence-corrected chi connectivity index (χ4v) is 2.27. The Balaban J connectivity index is 2.05. The lowest BCUT2D eigenvalue weighted by molar-refractivity contribution is 0.0945. The van der Waals surface area contributed by atoms with E-state index >= 15 is 0 Å². The first-order valence-electron chi connectivity index (χ1n) is 7.28. The van der Waals surface area contributed by atoms with Crippen LogP contribution in [0.2, 0.25) is 0 Å². The van der Waals surface area contributed by atoms with Crippen molar-refractivity contribution in [3.05, 3.63) is 35.9 Å². The SMILES string of the molecule is Cn1cc(NC(=O)c2cc(N)cn2C)cc1C(=O)NCCC(=N)N. The number of carbonyl (C=O) groups is 2. The first-order valence-corrected chi connectivity index (χ1v) is 7.28. The van der Waals surface area contributed by atoms with Gasteiger partial charge in [0.05, 0.1) is 17.2 Å². The highest BCUT2D eigenvalue weighted by molar-refractivity contribution is 6.04. The number of carbonyl (C=O) groups excluding carboxylic acids is 2. The summed E-state index contributed by atoms with van der Waals surface area (Å²) in [6.07, 6.45) is 3.58. The molecule has 0 saturated heterocycles. The summed E-state index contributed by atoms with van der Waals surface area (Å²) in [4.78, 5) is 24.3. The number of nitrogens with one attached hydrogen (secondary N) is 3. The van der Waals surface area contributed by atoms with Gasteiger partial charge in [-0.05, 0) is 12.1 Å². The maximum absolute atomic E-state index is 12.3. The molecule has 2 rings (SSSR count). The van der Waals surface area contributed by atoms with Crippen LogP contribution < -0.4 is 22.1 Å². The second-order valence-corrected chi connectivity index (χ2v) is 5.48. The van der Waals surface area contributed by atoms with E-state index in [-0.39, 0.29) is 30.6 Å². The van der Waals surface area contributed by atoms with Crippen LogP contribution in [-0.2, 0) is 14.1 Å². The maximum atomic E-state index is 12.3. The summed E-state index contributed by atoms with van der Waals surface area (Å²) in [5.74, 6) is -0.609. The van der Waals surface area contributed by atoms with E-state index in [1.54, 1.807) is 47.8 Å². The van der Waals surface area contributed by atoms with Crippen molar-refractivity contribution in [2.24, 2.45) is 19.8 Å². The summed E-state index contributed by atoms with van der Waals surface area (Å²) < 4.78 is 3.24. The normalized spacial score (nSPS) is 10.4. The summed E-state index contributed by atoms with van der Waals surface area (Å²) in [5.41, 5.74) is 12.7. The van der Waals surface area contributed by atoms with Gasteiger partial charge in [-0.2, -0.15) is 0 Å². The van der Waals surface area contributed by atoms with Gasteiger partial charge in [0, 0.05) is 39.5 Å². The van der Waals surface area contributed by atoms with Gasteiger partial charge < -0.3 is 31.2 Å². The molecule has 0 aliphatic rings. The Hall–Kier alpha value is -3.23. The molecule has 0 radical (unpaired) electrons. The second-order valence-electron chi connectivity index (χ2n) is 5.48. The van der Waals surface area contributed by atoms with Crippen LogP contribution in [0.1, 0.15) is 27.4 Å². The molecule has 0 bridgehead atoms. The summed E-state index contributed by atoms with van der Waals surface area (Å²) in [6, 6.07) is 3.15. The minimum atomic E-state index is -0.316. The molecule has 24 heavy (non-hydrogen) atoms. The molecular weight excluding hydrogens is 310 g/mol. The highest BCUT2D eigenvalue weighted by Crippen LogP contribution is 2.16. The molecule has 0 aromatic carbocycles. The molecule has 0 spiro atoms. The summed E-state index contributed by atoms with van der Waals surface area (Å²) >= 11 is 0.